The van der Waals surface area contributed by atoms with E-state index in [9.17, 15) is 10.2 Å². The highest BCUT2D eigenvalue weighted by Crippen LogP contribution is 2.37. The quantitative estimate of drug-likeness (QED) is 0.315. The Hall–Kier alpha value is -4.42. The second kappa shape index (κ2) is 7.45. The summed E-state index contributed by atoms with van der Waals surface area (Å²) < 4.78 is 11.6. The van der Waals surface area contributed by atoms with Gasteiger partial charge in [-0.25, -0.2) is 0 Å². The molecule has 0 spiro atoms. The highest BCUT2D eigenvalue weighted by molar-refractivity contribution is 5.65. The number of terminal acetylenes is 2. The van der Waals surface area contributed by atoms with Crippen molar-refractivity contribution >= 4 is 11.4 Å². The minimum Gasteiger partial charge on any atom is -0.506 e. The molecule has 3 aromatic rings. The maximum Gasteiger partial charge on any atom is 0.144 e. The Labute approximate surface area is 161 Å². The predicted octanol–water partition coefficient (Wildman–Crippen LogP) is 3.81. The van der Waals surface area contributed by atoms with Gasteiger partial charge in [-0.1, -0.05) is 11.8 Å². The topological polar surface area (TPSA) is 111 Å². The number of hydrogen-bond acceptors (Lipinski definition) is 6. The Balaban J connectivity index is 1.98. The lowest BCUT2D eigenvalue weighted by Crippen LogP contribution is -1.97. The molecule has 3 aromatic carbocycles. The molecule has 0 bridgehead atoms. The van der Waals surface area contributed by atoms with E-state index in [1.165, 1.54) is 24.3 Å². The molecular formula is C22H16N2O4. The Kier molecular flexibility index (Phi) is 4.89. The normalized spacial score (nSPS) is 9.93. The zero-order valence-corrected chi connectivity index (χ0v) is 14.6. The number of phenolic OH excluding ortho intramolecular Hbond substituents is 2. The summed E-state index contributed by atoms with van der Waals surface area (Å²) in [7, 11) is 0. The maximum atomic E-state index is 9.53. The summed E-state index contributed by atoms with van der Waals surface area (Å²) in [6.07, 6.45) is 11.3. The first-order valence-corrected chi connectivity index (χ1v) is 8.06. The molecule has 28 heavy (non-hydrogen) atoms. The van der Waals surface area contributed by atoms with E-state index in [1.807, 2.05) is 0 Å². The number of benzene rings is 3. The van der Waals surface area contributed by atoms with Crippen molar-refractivity contribution in [2.24, 2.45) is 0 Å². The van der Waals surface area contributed by atoms with Crippen LogP contribution in [0, 0.1) is 24.7 Å². The molecule has 0 fully saturated rings. The summed E-state index contributed by atoms with van der Waals surface area (Å²) in [5, 5.41) is 19.1. The molecule has 138 valence electrons. The summed E-state index contributed by atoms with van der Waals surface area (Å²) >= 11 is 0. The van der Waals surface area contributed by atoms with Crippen LogP contribution < -0.4 is 20.9 Å². The number of nitrogen functional groups attached to an aromatic ring is 2. The van der Waals surface area contributed by atoms with E-state index in [0.717, 1.165) is 0 Å². The minimum atomic E-state index is -0.0502. The summed E-state index contributed by atoms with van der Waals surface area (Å²) in [5.41, 5.74) is 12.3. The molecule has 0 aromatic heterocycles. The van der Waals surface area contributed by atoms with Gasteiger partial charge in [0.05, 0.1) is 22.5 Å². The van der Waals surface area contributed by atoms with Crippen LogP contribution in [0.4, 0.5) is 11.4 Å². The van der Waals surface area contributed by atoms with Gasteiger partial charge in [-0.15, -0.1) is 12.8 Å². The van der Waals surface area contributed by atoms with Gasteiger partial charge in [0.15, 0.2) is 0 Å². The fraction of sp³-hybridized carbons (Fsp3) is 0. The lowest BCUT2D eigenvalue weighted by molar-refractivity contribution is 0.458. The molecule has 6 heteroatoms. The molecule has 0 saturated heterocycles. The van der Waals surface area contributed by atoms with E-state index in [0.29, 0.717) is 34.1 Å². The monoisotopic (exact) mass is 372 g/mol. The summed E-state index contributed by atoms with van der Waals surface area (Å²) in [5.74, 6) is 6.36. The minimum absolute atomic E-state index is 0.0502. The van der Waals surface area contributed by atoms with Gasteiger partial charge in [-0.2, -0.15) is 0 Å². The highest BCUT2D eigenvalue weighted by atomic mass is 16.5. The number of anilines is 2. The largest absolute Gasteiger partial charge is 0.506 e. The van der Waals surface area contributed by atoms with E-state index >= 15 is 0 Å². The third-order valence-electron chi connectivity index (χ3n) is 3.87. The smallest absolute Gasteiger partial charge is 0.144 e. The number of nitrogens with two attached hydrogens (primary N) is 2. The fourth-order valence-electron chi connectivity index (χ4n) is 2.47. The molecule has 0 aliphatic carbocycles. The SMILES string of the molecule is C#Cc1c(Oc2ccc(O)c(N)c2)ccc(Oc2ccc(O)c(N)c2)c1C#C. The Bertz CT molecular complexity index is 1050. The predicted molar refractivity (Wildman–Crippen MR) is 107 cm³/mol. The van der Waals surface area contributed by atoms with Gasteiger partial charge in [0, 0.05) is 12.1 Å². The highest BCUT2D eigenvalue weighted by Gasteiger charge is 2.15. The zero-order valence-electron chi connectivity index (χ0n) is 14.6. The van der Waals surface area contributed by atoms with E-state index < -0.39 is 0 Å². The fourth-order valence-corrected chi connectivity index (χ4v) is 2.47. The zero-order chi connectivity index (χ0) is 20.3. The van der Waals surface area contributed by atoms with Crippen molar-refractivity contribution in [3.05, 3.63) is 59.7 Å². The van der Waals surface area contributed by atoms with Crippen LogP contribution in [0.15, 0.2) is 48.5 Å². The van der Waals surface area contributed by atoms with Crippen LogP contribution in [0.25, 0.3) is 0 Å². The molecule has 6 nitrogen and oxygen atoms in total. The van der Waals surface area contributed by atoms with Crippen LogP contribution in [0.2, 0.25) is 0 Å². The van der Waals surface area contributed by atoms with Gasteiger partial charge in [-0.05, 0) is 36.4 Å². The van der Waals surface area contributed by atoms with Crippen LogP contribution >= 0.6 is 0 Å². The molecule has 0 aliphatic rings. The maximum absolute atomic E-state index is 9.53. The average molecular weight is 372 g/mol. The number of rotatable bonds is 4. The summed E-state index contributed by atoms with van der Waals surface area (Å²) in [4.78, 5) is 0. The Morgan fingerprint density at radius 2 is 1.07 bits per heavy atom. The second-order valence-electron chi connectivity index (χ2n) is 5.75. The van der Waals surface area contributed by atoms with Crippen molar-refractivity contribution in [1.29, 1.82) is 0 Å². The molecule has 0 saturated carbocycles. The molecule has 0 unspecified atom stereocenters. The van der Waals surface area contributed by atoms with Crippen LogP contribution in [-0.4, -0.2) is 10.2 Å². The van der Waals surface area contributed by atoms with E-state index in [2.05, 4.69) is 11.8 Å². The third kappa shape index (κ3) is 3.57. The lowest BCUT2D eigenvalue weighted by atomic mass is 10.1. The first kappa shape index (κ1) is 18.4. The van der Waals surface area contributed by atoms with Crippen molar-refractivity contribution in [1.82, 2.24) is 0 Å². The van der Waals surface area contributed by atoms with Gasteiger partial charge in [0.25, 0.3) is 0 Å². The number of ether oxygens (including phenoxy) is 2. The Morgan fingerprint density at radius 1 is 0.679 bits per heavy atom. The number of phenols is 2. The van der Waals surface area contributed by atoms with E-state index in [-0.39, 0.29) is 22.9 Å². The summed E-state index contributed by atoms with van der Waals surface area (Å²) in [6, 6.07) is 12.1. The van der Waals surface area contributed by atoms with Crippen molar-refractivity contribution in [3.63, 3.8) is 0 Å². The molecule has 0 heterocycles. The molecular weight excluding hydrogens is 356 g/mol. The van der Waals surface area contributed by atoms with Crippen molar-refractivity contribution in [2.75, 3.05) is 11.5 Å². The molecule has 0 atom stereocenters. The van der Waals surface area contributed by atoms with Crippen LogP contribution in [0.1, 0.15) is 11.1 Å². The molecule has 6 N–H and O–H groups in total. The van der Waals surface area contributed by atoms with Gasteiger partial charge < -0.3 is 31.2 Å². The van der Waals surface area contributed by atoms with E-state index in [1.54, 1.807) is 24.3 Å². The van der Waals surface area contributed by atoms with Crippen molar-refractivity contribution in [2.45, 2.75) is 0 Å². The molecule has 0 amide bonds. The van der Waals surface area contributed by atoms with Gasteiger partial charge in [-0.3, -0.25) is 0 Å². The van der Waals surface area contributed by atoms with E-state index in [4.69, 9.17) is 33.8 Å². The van der Waals surface area contributed by atoms with Gasteiger partial charge in [0.2, 0.25) is 0 Å². The Morgan fingerprint density at radius 3 is 1.39 bits per heavy atom. The van der Waals surface area contributed by atoms with Crippen LogP contribution in [0.3, 0.4) is 0 Å². The van der Waals surface area contributed by atoms with Crippen molar-refractivity contribution in [3.8, 4) is 59.2 Å². The lowest BCUT2D eigenvalue weighted by Gasteiger charge is -2.14. The number of aromatic hydroxyl groups is 2. The van der Waals surface area contributed by atoms with Gasteiger partial charge >= 0.3 is 0 Å². The first-order valence-electron chi connectivity index (χ1n) is 8.06. The van der Waals surface area contributed by atoms with Crippen LogP contribution in [0.5, 0.6) is 34.5 Å². The molecule has 3 rings (SSSR count). The average Bonchev–Trinajstić information content (AvgIpc) is 2.68. The van der Waals surface area contributed by atoms with Crippen molar-refractivity contribution < 1.29 is 19.7 Å². The molecule has 0 radical (unpaired) electrons. The third-order valence-corrected chi connectivity index (χ3v) is 3.87. The second-order valence-corrected chi connectivity index (χ2v) is 5.75. The van der Waals surface area contributed by atoms with Gasteiger partial charge in [0.1, 0.15) is 34.5 Å². The molecule has 0 aliphatic heterocycles. The summed E-state index contributed by atoms with van der Waals surface area (Å²) in [6.45, 7) is 0. The number of hydrogen-bond donors (Lipinski definition) is 4. The first-order chi connectivity index (χ1) is 13.4. The van der Waals surface area contributed by atoms with Crippen LogP contribution in [-0.2, 0) is 0 Å². The standard InChI is InChI=1S/C22H16N2O4/c1-3-15-16(4-2)22(28-14-6-8-20(26)18(24)12-14)10-9-21(15)27-13-5-7-19(25)17(23)11-13/h1-2,5-12,25-26H,23-24H2.